The Bertz CT molecular complexity index is 456. The molecule has 2 rings (SSSR count). The molecule has 1 heterocycles. The first-order valence-electron chi connectivity index (χ1n) is 4.36. The standard InChI is InChI=1S/C10H7BrFNO2/c11-8-2-9(12)7(3-13)10-6(8)1-5(4-14)15-10/h2,5,14H,1,4H2. The average molecular weight is 272 g/mol. The number of rotatable bonds is 1. The lowest BCUT2D eigenvalue weighted by molar-refractivity contribution is 0.134. The quantitative estimate of drug-likeness (QED) is 0.847. The second-order valence-corrected chi connectivity index (χ2v) is 4.12. The lowest BCUT2D eigenvalue weighted by Crippen LogP contribution is -2.17. The average Bonchev–Trinajstić information content (AvgIpc) is 2.62. The molecule has 78 valence electrons. The molecule has 1 aliphatic rings. The Balaban J connectivity index is 2.57. The third-order valence-corrected chi connectivity index (χ3v) is 3.02. The Morgan fingerprint density at radius 2 is 2.47 bits per heavy atom. The molecule has 1 atom stereocenters. The molecule has 15 heavy (non-hydrogen) atoms. The van der Waals surface area contributed by atoms with Gasteiger partial charge in [0.15, 0.2) is 0 Å². The number of aliphatic hydroxyl groups excluding tert-OH is 1. The summed E-state index contributed by atoms with van der Waals surface area (Å²) < 4.78 is 19.2. The van der Waals surface area contributed by atoms with Crippen molar-refractivity contribution < 1.29 is 14.2 Å². The van der Waals surface area contributed by atoms with Gasteiger partial charge in [-0.05, 0) is 6.07 Å². The molecule has 0 saturated carbocycles. The van der Waals surface area contributed by atoms with Crippen molar-refractivity contribution in [1.82, 2.24) is 0 Å². The number of nitrogens with zero attached hydrogens (tertiary/aromatic N) is 1. The molecule has 0 amide bonds. The summed E-state index contributed by atoms with van der Waals surface area (Å²) in [5, 5.41) is 17.7. The van der Waals surface area contributed by atoms with Gasteiger partial charge in [-0.25, -0.2) is 4.39 Å². The third-order valence-electron chi connectivity index (χ3n) is 2.31. The van der Waals surface area contributed by atoms with Crippen molar-refractivity contribution >= 4 is 15.9 Å². The van der Waals surface area contributed by atoms with Crippen molar-refractivity contribution in [2.45, 2.75) is 12.5 Å². The number of hydrogen-bond donors (Lipinski definition) is 1. The van der Waals surface area contributed by atoms with Gasteiger partial charge in [-0.2, -0.15) is 5.26 Å². The Morgan fingerprint density at radius 1 is 1.73 bits per heavy atom. The molecule has 1 N–H and O–H groups in total. The fraction of sp³-hybridized carbons (Fsp3) is 0.300. The molecule has 0 aliphatic carbocycles. The summed E-state index contributed by atoms with van der Waals surface area (Å²) in [6, 6.07) is 3.02. The highest BCUT2D eigenvalue weighted by molar-refractivity contribution is 9.10. The molecule has 0 spiro atoms. The number of aliphatic hydroxyl groups is 1. The highest BCUT2D eigenvalue weighted by Crippen LogP contribution is 2.38. The Hall–Kier alpha value is -1.12. The van der Waals surface area contributed by atoms with Crippen molar-refractivity contribution in [1.29, 1.82) is 5.26 Å². The summed E-state index contributed by atoms with van der Waals surface area (Å²) in [4.78, 5) is 0. The predicted molar refractivity (Wildman–Crippen MR) is 54.0 cm³/mol. The van der Waals surface area contributed by atoms with Crippen LogP contribution in [0.3, 0.4) is 0 Å². The summed E-state index contributed by atoms with van der Waals surface area (Å²) in [6.45, 7) is -0.145. The number of nitriles is 1. The largest absolute Gasteiger partial charge is 0.486 e. The van der Waals surface area contributed by atoms with Gasteiger partial charge >= 0.3 is 0 Å². The van der Waals surface area contributed by atoms with Crippen LogP contribution in [0.25, 0.3) is 0 Å². The fourth-order valence-electron chi connectivity index (χ4n) is 1.60. The molecule has 0 fully saturated rings. The number of fused-ring (bicyclic) bond motifs is 1. The molecule has 1 unspecified atom stereocenters. The topological polar surface area (TPSA) is 53.2 Å². The van der Waals surface area contributed by atoms with Crippen molar-refractivity contribution in [3.63, 3.8) is 0 Å². The maximum Gasteiger partial charge on any atom is 0.145 e. The Kier molecular flexibility index (Phi) is 2.63. The minimum Gasteiger partial charge on any atom is -0.486 e. The molecule has 1 aromatic rings. The van der Waals surface area contributed by atoms with Gasteiger partial charge in [-0.15, -0.1) is 0 Å². The van der Waals surface area contributed by atoms with Crippen LogP contribution in [0.15, 0.2) is 10.5 Å². The first kappa shape index (κ1) is 10.4. The van der Waals surface area contributed by atoms with Crippen molar-refractivity contribution in [3.05, 3.63) is 27.5 Å². The molecule has 0 bridgehead atoms. The van der Waals surface area contributed by atoms with Crippen LogP contribution in [0, 0.1) is 17.1 Å². The van der Waals surface area contributed by atoms with Crippen LogP contribution in [0.5, 0.6) is 5.75 Å². The second kappa shape index (κ2) is 3.80. The van der Waals surface area contributed by atoms with Crippen LogP contribution in [-0.2, 0) is 6.42 Å². The molecule has 1 aliphatic heterocycles. The van der Waals surface area contributed by atoms with Gasteiger partial charge in [0.2, 0.25) is 0 Å². The molecule has 1 aromatic carbocycles. The van der Waals surface area contributed by atoms with Gasteiger partial charge in [-0.3, -0.25) is 0 Å². The molecule has 5 heteroatoms. The van der Waals surface area contributed by atoms with E-state index in [-0.39, 0.29) is 24.0 Å². The Morgan fingerprint density at radius 3 is 3.07 bits per heavy atom. The Labute approximate surface area is 94.2 Å². The van der Waals surface area contributed by atoms with E-state index in [0.29, 0.717) is 10.9 Å². The summed E-state index contributed by atoms with van der Waals surface area (Å²) >= 11 is 3.21. The predicted octanol–water partition coefficient (Wildman–Crippen LogP) is 1.76. The first-order valence-corrected chi connectivity index (χ1v) is 5.15. The number of hydrogen-bond acceptors (Lipinski definition) is 3. The first-order chi connectivity index (χ1) is 7.17. The van der Waals surface area contributed by atoms with E-state index in [0.717, 1.165) is 5.56 Å². The second-order valence-electron chi connectivity index (χ2n) is 3.26. The molecular formula is C10H7BrFNO2. The van der Waals surface area contributed by atoms with E-state index in [9.17, 15) is 4.39 Å². The van der Waals surface area contributed by atoms with Crippen LogP contribution >= 0.6 is 15.9 Å². The van der Waals surface area contributed by atoms with Gasteiger partial charge < -0.3 is 9.84 Å². The highest BCUT2D eigenvalue weighted by Gasteiger charge is 2.29. The zero-order valence-corrected chi connectivity index (χ0v) is 9.21. The van der Waals surface area contributed by atoms with Crippen molar-refractivity contribution in [3.8, 4) is 11.8 Å². The van der Waals surface area contributed by atoms with Crippen LogP contribution in [0.4, 0.5) is 4.39 Å². The normalized spacial score (nSPS) is 18.1. The zero-order chi connectivity index (χ0) is 11.0. The summed E-state index contributed by atoms with van der Waals surface area (Å²) in [6.07, 6.45) is 0.103. The van der Waals surface area contributed by atoms with E-state index in [1.807, 2.05) is 0 Å². The van der Waals surface area contributed by atoms with Crippen molar-refractivity contribution in [2.75, 3.05) is 6.61 Å². The van der Waals surface area contributed by atoms with Gasteiger partial charge in [0.05, 0.1) is 6.61 Å². The van der Waals surface area contributed by atoms with Crippen molar-refractivity contribution in [2.24, 2.45) is 0 Å². The van der Waals surface area contributed by atoms with Gasteiger partial charge in [-0.1, -0.05) is 15.9 Å². The fourth-order valence-corrected chi connectivity index (χ4v) is 2.14. The van der Waals surface area contributed by atoms with E-state index < -0.39 is 5.82 Å². The summed E-state index contributed by atoms with van der Waals surface area (Å²) in [5.74, 6) is -0.356. The van der Waals surface area contributed by atoms with E-state index >= 15 is 0 Å². The van der Waals surface area contributed by atoms with Crippen LogP contribution in [0.2, 0.25) is 0 Å². The van der Waals surface area contributed by atoms with Gasteiger partial charge in [0.1, 0.15) is 29.3 Å². The number of ether oxygens (including phenoxy) is 1. The van der Waals surface area contributed by atoms with Crippen LogP contribution < -0.4 is 4.74 Å². The summed E-state index contributed by atoms with van der Waals surface area (Å²) in [7, 11) is 0. The molecule has 0 radical (unpaired) electrons. The number of benzene rings is 1. The maximum absolute atomic E-state index is 13.3. The van der Waals surface area contributed by atoms with Crippen LogP contribution in [-0.4, -0.2) is 17.8 Å². The summed E-state index contributed by atoms with van der Waals surface area (Å²) in [5.41, 5.74) is 0.649. The minimum atomic E-state index is -0.610. The smallest absolute Gasteiger partial charge is 0.145 e. The zero-order valence-electron chi connectivity index (χ0n) is 7.63. The lowest BCUT2D eigenvalue weighted by atomic mass is 10.1. The monoisotopic (exact) mass is 271 g/mol. The van der Waals surface area contributed by atoms with Gasteiger partial charge in [0.25, 0.3) is 0 Å². The van der Waals surface area contributed by atoms with Crippen LogP contribution in [0.1, 0.15) is 11.1 Å². The molecule has 3 nitrogen and oxygen atoms in total. The maximum atomic E-state index is 13.3. The number of halogens is 2. The molecular weight excluding hydrogens is 265 g/mol. The third kappa shape index (κ3) is 1.60. The minimum absolute atomic E-state index is 0.0934. The van der Waals surface area contributed by atoms with E-state index in [2.05, 4.69) is 15.9 Å². The lowest BCUT2D eigenvalue weighted by Gasteiger charge is -2.07. The molecule has 0 saturated heterocycles. The SMILES string of the molecule is N#Cc1c(F)cc(Br)c2c1OC(CO)C2. The molecule has 0 aromatic heterocycles. The van der Waals surface area contributed by atoms with E-state index in [1.165, 1.54) is 6.07 Å². The van der Waals surface area contributed by atoms with E-state index in [1.54, 1.807) is 6.07 Å². The van der Waals surface area contributed by atoms with Gasteiger partial charge in [0, 0.05) is 16.5 Å². The highest BCUT2D eigenvalue weighted by atomic mass is 79.9. The van der Waals surface area contributed by atoms with E-state index in [4.69, 9.17) is 15.1 Å².